The van der Waals surface area contributed by atoms with Crippen LogP contribution in [-0.4, -0.2) is 67.7 Å². The van der Waals surface area contributed by atoms with Crippen LogP contribution in [0.1, 0.15) is 46.5 Å². The summed E-state index contributed by atoms with van der Waals surface area (Å²) in [5.41, 5.74) is -0.435. The van der Waals surface area contributed by atoms with Gasteiger partial charge in [-0.2, -0.15) is 10.2 Å². The molecule has 2 aliphatic heterocycles. The Kier molecular flexibility index (Phi) is 5.87. The second kappa shape index (κ2) is 8.57. The summed E-state index contributed by atoms with van der Waals surface area (Å²) < 4.78 is 5.52. The second-order valence-electron chi connectivity index (χ2n) is 9.18. The van der Waals surface area contributed by atoms with Gasteiger partial charge in [0, 0.05) is 32.2 Å². The van der Waals surface area contributed by atoms with E-state index in [4.69, 9.17) is 4.74 Å². The monoisotopic (exact) mass is 413 g/mol. The molecule has 9 nitrogen and oxygen atoms in total. The number of ether oxygens (including phenoxy) is 1. The molecule has 2 aromatic rings. The molecular weight excluding hydrogens is 382 g/mol. The van der Waals surface area contributed by atoms with Crippen LogP contribution in [0.2, 0.25) is 0 Å². The number of rotatable bonds is 3. The number of piperidine rings is 2. The fourth-order valence-corrected chi connectivity index (χ4v) is 4.43. The molecule has 1 amide bonds. The van der Waals surface area contributed by atoms with Gasteiger partial charge in [0.15, 0.2) is 5.82 Å². The summed E-state index contributed by atoms with van der Waals surface area (Å²) in [6, 6.07) is 1.94. The standard InChI is InChI=1S/C21H31N7O2/c1-21(2,3)30-20(29)27-12-6-17(7-13-27)16-4-10-26(11-5-16)18-14-19(23-15-22-18)28-24-8-9-25-28/h8-9,14-17H,4-7,10-13H2,1-3H3. The van der Waals surface area contributed by atoms with Crippen LogP contribution < -0.4 is 4.90 Å². The van der Waals surface area contributed by atoms with Gasteiger partial charge in [0.25, 0.3) is 0 Å². The lowest BCUT2D eigenvalue weighted by Gasteiger charge is -2.40. The first kappa shape index (κ1) is 20.6. The average Bonchev–Trinajstić information content (AvgIpc) is 3.28. The molecule has 4 heterocycles. The number of aromatic nitrogens is 5. The number of anilines is 1. The predicted molar refractivity (Wildman–Crippen MR) is 112 cm³/mol. The summed E-state index contributed by atoms with van der Waals surface area (Å²) in [5, 5.41) is 8.29. The van der Waals surface area contributed by atoms with Gasteiger partial charge in [-0.15, -0.1) is 4.80 Å². The van der Waals surface area contributed by atoms with Crippen LogP contribution in [0, 0.1) is 11.8 Å². The molecule has 0 atom stereocenters. The van der Waals surface area contributed by atoms with Gasteiger partial charge in [0.1, 0.15) is 17.7 Å². The van der Waals surface area contributed by atoms with Crippen molar-refractivity contribution in [1.82, 2.24) is 29.9 Å². The molecule has 30 heavy (non-hydrogen) atoms. The Bertz CT molecular complexity index is 833. The van der Waals surface area contributed by atoms with Crippen molar-refractivity contribution in [3.05, 3.63) is 24.8 Å². The summed E-state index contributed by atoms with van der Waals surface area (Å²) in [4.78, 5) is 26.7. The molecular formula is C21H31N7O2. The fourth-order valence-electron chi connectivity index (χ4n) is 4.43. The van der Waals surface area contributed by atoms with Gasteiger partial charge in [-0.05, 0) is 58.3 Å². The Morgan fingerprint density at radius 1 is 0.933 bits per heavy atom. The molecule has 0 bridgehead atoms. The first-order valence-corrected chi connectivity index (χ1v) is 10.8. The van der Waals surface area contributed by atoms with E-state index in [0.29, 0.717) is 17.7 Å². The van der Waals surface area contributed by atoms with Crippen molar-refractivity contribution < 1.29 is 9.53 Å². The highest BCUT2D eigenvalue weighted by Gasteiger charge is 2.32. The minimum absolute atomic E-state index is 0.179. The Labute approximate surface area is 177 Å². The first-order valence-electron chi connectivity index (χ1n) is 10.8. The summed E-state index contributed by atoms with van der Waals surface area (Å²) in [7, 11) is 0. The number of hydrogen-bond donors (Lipinski definition) is 0. The molecule has 0 aromatic carbocycles. The summed E-state index contributed by atoms with van der Waals surface area (Å²) in [6.45, 7) is 9.31. The van der Waals surface area contributed by atoms with Gasteiger partial charge in [-0.3, -0.25) is 0 Å². The van der Waals surface area contributed by atoms with E-state index in [-0.39, 0.29) is 6.09 Å². The quantitative estimate of drug-likeness (QED) is 0.764. The Morgan fingerprint density at radius 3 is 2.10 bits per heavy atom. The van der Waals surface area contributed by atoms with Crippen molar-refractivity contribution in [2.75, 3.05) is 31.1 Å². The van der Waals surface area contributed by atoms with Crippen LogP contribution in [0.25, 0.3) is 5.82 Å². The highest BCUT2D eigenvalue weighted by Crippen LogP contribution is 2.34. The zero-order valence-electron chi connectivity index (χ0n) is 18.1. The lowest BCUT2D eigenvalue weighted by Crippen LogP contribution is -2.44. The minimum atomic E-state index is -0.435. The van der Waals surface area contributed by atoms with Crippen LogP contribution in [0.15, 0.2) is 24.8 Å². The van der Waals surface area contributed by atoms with Crippen molar-refractivity contribution in [3.63, 3.8) is 0 Å². The molecule has 2 aromatic heterocycles. The molecule has 0 spiro atoms. The van der Waals surface area contributed by atoms with E-state index in [1.54, 1.807) is 18.7 Å². The van der Waals surface area contributed by atoms with Gasteiger partial charge in [-0.25, -0.2) is 14.8 Å². The predicted octanol–water partition coefficient (Wildman–Crippen LogP) is 2.92. The zero-order valence-corrected chi connectivity index (χ0v) is 18.1. The smallest absolute Gasteiger partial charge is 0.410 e. The van der Waals surface area contributed by atoms with Crippen LogP contribution in [0.3, 0.4) is 0 Å². The number of likely N-dealkylation sites (tertiary alicyclic amines) is 1. The van der Waals surface area contributed by atoms with Gasteiger partial charge < -0.3 is 14.5 Å². The third kappa shape index (κ3) is 4.88. The number of carbonyl (C=O) groups is 1. The molecule has 9 heteroatoms. The lowest BCUT2D eigenvalue weighted by molar-refractivity contribution is 0.0152. The van der Waals surface area contributed by atoms with E-state index >= 15 is 0 Å². The van der Waals surface area contributed by atoms with Crippen molar-refractivity contribution in [3.8, 4) is 5.82 Å². The van der Waals surface area contributed by atoms with E-state index in [9.17, 15) is 4.79 Å². The summed E-state index contributed by atoms with van der Waals surface area (Å²) in [5.74, 6) is 2.99. The molecule has 0 saturated carbocycles. The van der Waals surface area contributed by atoms with Crippen molar-refractivity contribution in [1.29, 1.82) is 0 Å². The first-order chi connectivity index (χ1) is 14.4. The van der Waals surface area contributed by atoms with E-state index in [2.05, 4.69) is 25.1 Å². The third-order valence-electron chi connectivity index (χ3n) is 5.98. The maximum atomic E-state index is 12.3. The third-order valence-corrected chi connectivity index (χ3v) is 5.98. The van der Waals surface area contributed by atoms with Crippen LogP contribution in [-0.2, 0) is 4.74 Å². The highest BCUT2D eigenvalue weighted by molar-refractivity contribution is 5.68. The van der Waals surface area contributed by atoms with Gasteiger partial charge >= 0.3 is 6.09 Å². The van der Waals surface area contributed by atoms with Crippen LogP contribution in [0.5, 0.6) is 0 Å². The second-order valence-corrected chi connectivity index (χ2v) is 9.18. The molecule has 2 aliphatic rings. The van der Waals surface area contributed by atoms with Crippen molar-refractivity contribution in [2.45, 2.75) is 52.1 Å². The molecule has 0 unspecified atom stereocenters. The number of carbonyl (C=O) groups excluding carboxylic acids is 1. The summed E-state index contributed by atoms with van der Waals surface area (Å²) in [6.07, 6.45) is 9.10. The van der Waals surface area contributed by atoms with Crippen LogP contribution >= 0.6 is 0 Å². The van der Waals surface area contributed by atoms with Gasteiger partial charge in [0.2, 0.25) is 0 Å². The average molecular weight is 414 g/mol. The molecule has 0 N–H and O–H groups in total. The minimum Gasteiger partial charge on any atom is -0.444 e. The molecule has 2 fully saturated rings. The zero-order chi connectivity index (χ0) is 21.1. The van der Waals surface area contributed by atoms with Gasteiger partial charge in [-0.1, -0.05) is 0 Å². The topological polar surface area (TPSA) is 89.3 Å². The molecule has 2 saturated heterocycles. The molecule has 0 radical (unpaired) electrons. The van der Waals surface area contributed by atoms with Crippen molar-refractivity contribution >= 4 is 11.9 Å². The van der Waals surface area contributed by atoms with E-state index in [0.717, 1.165) is 57.7 Å². The van der Waals surface area contributed by atoms with Gasteiger partial charge in [0.05, 0.1) is 12.4 Å². The Balaban J connectivity index is 1.28. The Hall–Kier alpha value is -2.71. The normalized spacial score (nSPS) is 19.2. The largest absolute Gasteiger partial charge is 0.444 e. The SMILES string of the molecule is CC(C)(C)OC(=O)N1CCC(C2CCN(c3cc(-n4nccn4)ncn3)CC2)CC1. The maximum Gasteiger partial charge on any atom is 0.410 e. The Morgan fingerprint density at radius 2 is 1.50 bits per heavy atom. The fraction of sp³-hybridized carbons (Fsp3) is 0.667. The number of nitrogens with zero attached hydrogens (tertiary/aromatic N) is 7. The number of amides is 1. The van der Waals surface area contributed by atoms with E-state index < -0.39 is 5.60 Å². The molecule has 0 aliphatic carbocycles. The maximum absolute atomic E-state index is 12.3. The highest BCUT2D eigenvalue weighted by atomic mass is 16.6. The molecule has 4 rings (SSSR count). The molecule has 162 valence electrons. The van der Waals surface area contributed by atoms with Crippen LogP contribution in [0.4, 0.5) is 10.6 Å². The van der Waals surface area contributed by atoms with E-state index in [1.807, 2.05) is 31.7 Å². The van der Waals surface area contributed by atoms with E-state index in [1.165, 1.54) is 4.80 Å². The summed E-state index contributed by atoms with van der Waals surface area (Å²) >= 11 is 0. The number of hydrogen-bond acceptors (Lipinski definition) is 7. The van der Waals surface area contributed by atoms with Crippen molar-refractivity contribution in [2.24, 2.45) is 11.8 Å². The lowest BCUT2D eigenvalue weighted by atomic mass is 9.79.